The number of anilines is 6. The summed E-state index contributed by atoms with van der Waals surface area (Å²) < 4.78 is 2.18. The number of benzene rings is 6. The number of unbranched alkanes of at least 4 members (excludes halogenated alkanes) is 10. The van der Waals surface area contributed by atoms with Crippen molar-refractivity contribution < 1.29 is 0 Å². The molecule has 0 atom stereocenters. The average Bonchev–Trinajstić information content (AvgIpc) is 3.51. The zero-order valence-electron chi connectivity index (χ0n) is 39.4. The minimum absolute atomic E-state index is 0.113. The lowest BCUT2D eigenvalue weighted by Crippen LogP contribution is -2.26. The Morgan fingerprint density at radius 1 is 0.381 bits per heavy atom. The molecule has 7 rings (SSSR count). The van der Waals surface area contributed by atoms with Crippen molar-refractivity contribution in [2.24, 2.45) is 0 Å². The standard InChI is InChI=1S/C59H70Br2N2/c1-9-11-13-15-17-19-33-59(34-20-18-16-14-12-10-2)55-39-51(62(49-25-21-47(60)22-26-49)57-43(5)35-41(3)36-44(57)6)29-31-53(55)54-32-30-52(40-56(54)59)63(50-27-23-48(61)24-28-50)58-45(7)37-42(4)38-46(58)8/h21-32,35-40H,9-20,33-34H2,1-8H3. The van der Waals surface area contributed by atoms with Crippen molar-refractivity contribution in [3.05, 3.63) is 163 Å². The summed E-state index contributed by atoms with van der Waals surface area (Å²) in [5.74, 6) is 0. The van der Waals surface area contributed by atoms with Crippen LogP contribution in [0.3, 0.4) is 0 Å². The van der Waals surface area contributed by atoms with E-state index >= 15 is 0 Å². The van der Waals surface area contributed by atoms with Crippen LogP contribution in [0, 0.1) is 41.5 Å². The molecule has 330 valence electrons. The van der Waals surface area contributed by atoms with Gasteiger partial charge in [-0.05, 0) is 172 Å². The fourth-order valence-electron chi connectivity index (χ4n) is 10.9. The summed E-state index contributed by atoms with van der Waals surface area (Å²) in [6, 6.07) is 42.1. The van der Waals surface area contributed by atoms with E-state index < -0.39 is 0 Å². The van der Waals surface area contributed by atoms with Gasteiger partial charge in [0.15, 0.2) is 0 Å². The van der Waals surface area contributed by atoms with Gasteiger partial charge >= 0.3 is 0 Å². The number of rotatable bonds is 20. The first-order chi connectivity index (χ1) is 30.4. The second kappa shape index (κ2) is 21.2. The Balaban J connectivity index is 1.44. The maximum Gasteiger partial charge on any atom is 0.0520 e. The maximum atomic E-state index is 3.74. The lowest BCUT2D eigenvalue weighted by molar-refractivity contribution is 0.398. The van der Waals surface area contributed by atoms with Crippen molar-refractivity contribution in [1.29, 1.82) is 0 Å². The molecule has 0 amide bonds. The highest BCUT2D eigenvalue weighted by molar-refractivity contribution is 9.10. The number of nitrogens with zero attached hydrogens (tertiary/aromatic N) is 2. The molecule has 0 spiro atoms. The van der Waals surface area contributed by atoms with E-state index in [2.05, 4.69) is 206 Å². The van der Waals surface area contributed by atoms with Crippen LogP contribution in [0.5, 0.6) is 0 Å². The van der Waals surface area contributed by atoms with Gasteiger partial charge in [-0.1, -0.05) is 170 Å². The summed E-state index contributed by atoms with van der Waals surface area (Å²) in [5, 5.41) is 0. The van der Waals surface area contributed by atoms with Crippen LogP contribution in [0.2, 0.25) is 0 Å². The molecule has 1 aliphatic carbocycles. The van der Waals surface area contributed by atoms with Gasteiger partial charge in [-0.2, -0.15) is 0 Å². The molecular weight excluding hydrogens is 896 g/mol. The summed E-state index contributed by atoms with van der Waals surface area (Å²) in [5.41, 5.74) is 20.9. The third kappa shape index (κ3) is 10.4. The molecule has 4 heteroatoms. The van der Waals surface area contributed by atoms with Crippen LogP contribution >= 0.6 is 31.9 Å². The second-order valence-corrected chi connectivity index (χ2v) is 20.5. The van der Waals surface area contributed by atoms with Gasteiger partial charge in [0, 0.05) is 37.1 Å². The molecule has 0 unspecified atom stereocenters. The number of hydrogen-bond acceptors (Lipinski definition) is 2. The Morgan fingerprint density at radius 2 is 0.698 bits per heavy atom. The molecule has 0 radical (unpaired) electrons. The highest BCUT2D eigenvalue weighted by Gasteiger charge is 2.43. The lowest BCUT2D eigenvalue weighted by atomic mass is 9.70. The molecule has 0 saturated heterocycles. The Hall–Kier alpha value is -4.12. The van der Waals surface area contributed by atoms with Crippen molar-refractivity contribution in [3.8, 4) is 11.1 Å². The van der Waals surface area contributed by atoms with Crippen LogP contribution in [-0.4, -0.2) is 0 Å². The quantitative estimate of drug-likeness (QED) is 0.0704. The van der Waals surface area contributed by atoms with Gasteiger partial charge in [-0.25, -0.2) is 0 Å². The molecule has 1 aliphatic rings. The maximum absolute atomic E-state index is 3.74. The van der Waals surface area contributed by atoms with Crippen LogP contribution in [-0.2, 0) is 5.41 Å². The van der Waals surface area contributed by atoms with E-state index in [0.29, 0.717) is 0 Å². The minimum atomic E-state index is -0.113. The second-order valence-electron chi connectivity index (χ2n) is 18.7. The van der Waals surface area contributed by atoms with E-state index in [1.54, 1.807) is 0 Å². The monoisotopic (exact) mass is 964 g/mol. The van der Waals surface area contributed by atoms with Crippen molar-refractivity contribution in [3.63, 3.8) is 0 Å². The van der Waals surface area contributed by atoms with E-state index in [0.717, 1.165) is 21.8 Å². The highest BCUT2D eigenvalue weighted by Crippen LogP contribution is 2.57. The third-order valence-electron chi connectivity index (χ3n) is 13.6. The number of halogens is 2. The highest BCUT2D eigenvalue weighted by atomic mass is 79.9. The van der Waals surface area contributed by atoms with Crippen LogP contribution < -0.4 is 9.80 Å². The van der Waals surface area contributed by atoms with Gasteiger partial charge in [0.05, 0.1) is 11.4 Å². The fourth-order valence-corrected chi connectivity index (χ4v) is 11.4. The van der Waals surface area contributed by atoms with Gasteiger partial charge in [0.2, 0.25) is 0 Å². The SMILES string of the molecule is CCCCCCCCC1(CCCCCCCC)c2cc(N(c3ccc(Br)cc3)c3c(C)cc(C)cc3C)ccc2-c2ccc(N(c3ccc(Br)cc3)c3c(C)cc(C)cc3C)cc21. The predicted octanol–water partition coefficient (Wildman–Crippen LogP) is 19.8. The van der Waals surface area contributed by atoms with Crippen molar-refractivity contribution in [2.45, 2.75) is 151 Å². The third-order valence-corrected chi connectivity index (χ3v) is 14.7. The smallest absolute Gasteiger partial charge is 0.0520 e. The molecule has 0 fully saturated rings. The van der Waals surface area contributed by atoms with E-state index in [9.17, 15) is 0 Å². The topological polar surface area (TPSA) is 6.48 Å². The van der Waals surface area contributed by atoms with Gasteiger partial charge in [-0.3, -0.25) is 0 Å². The van der Waals surface area contributed by atoms with Crippen LogP contribution in [0.25, 0.3) is 11.1 Å². The summed E-state index contributed by atoms with van der Waals surface area (Å²) in [4.78, 5) is 5.06. The molecular formula is C59H70Br2N2. The van der Waals surface area contributed by atoms with Crippen molar-refractivity contribution in [2.75, 3.05) is 9.80 Å². The van der Waals surface area contributed by atoms with Gasteiger partial charge in [-0.15, -0.1) is 0 Å². The largest absolute Gasteiger partial charge is 0.310 e. The number of aryl methyl sites for hydroxylation is 6. The van der Waals surface area contributed by atoms with Gasteiger partial charge < -0.3 is 9.80 Å². The molecule has 0 aliphatic heterocycles. The Labute approximate surface area is 397 Å². The zero-order chi connectivity index (χ0) is 44.7. The number of fused-ring (bicyclic) bond motifs is 3. The molecule has 0 heterocycles. The van der Waals surface area contributed by atoms with E-state index in [4.69, 9.17) is 0 Å². The summed E-state index contributed by atoms with van der Waals surface area (Å²) >= 11 is 7.48. The molecule has 6 aromatic rings. The zero-order valence-corrected chi connectivity index (χ0v) is 42.6. The lowest BCUT2D eigenvalue weighted by Gasteiger charge is -2.36. The minimum Gasteiger partial charge on any atom is -0.310 e. The first-order valence-corrected chi connectivity index (χ1v) is 25.6. The van der Waals surface area contributed by atoms with Crippen molar-refractivity contribution >= 4 is 66.0 Å². The van der Waals surface area contributed by atoms with Gasteiger partial charge in [0.25, 0.3) is 0 Å². The molecule has 0 saturated carbocycles. The predicted molar refractivity (Wildman–Crippen MR) is 282 cm³/mol. The van der Waals surface area contributed by atoms with E-state index in [-0.39, 0.29) is 5.41 Å². The summed E-state index contributed by atoms with van der Waals surface area (Å²) in [6.45, 7) is 18.2. The molecule has 0 aromatic heterocycles. The van der Waals surface area contributed by atoms with Crippen molar-refractivity contribution in [1.82, 2.24) is 0 Å². The molecule has 0 N–H and O–H groups in total. The first kappa shape index (κ1) is 46.9. The van der Waals surface area contributed by atoms with Crippen LogP contribution in [0.1, 0.15) is 148 Å². The van der Waals surface area contributed by atoms with E-state index in [1.165, 1.54) is 167 Å². The Morgan fingerprint density at radius 3 is 1.05 bits per heavy atom. The fraction of sp³-hybridized carbons (Fsp3) is 0.390. The first-order valence-electron chi connectivity index (χ1n) is 24.0. The molecule has 63 heavy (non-hydrogen) atoms. The van der Waals surface area contributed by atoms with Crippen LogP contribution in [0.15, 0.2) is 118 Å². The molecule has 2 nitrogen and oxygen atoms in total. The normalized spacial score (nSPS) is 12.7. The average molecular weight is 967 g/mol. The Kier molecular flexibility index (Phi) is 15.8. The van der Waals surface area contributed by atoms with Crippen LogP contribution in [0.4, 0.5) is 34.1 Å². The molecule has 0 bridgehead atoms. The number of hydrogen-bond donors (Lipinski definition) is 0. The summed E-state index contributed by atoms with van der Waals surface area (Å²) in [7, 11) is 0. The summed E-state index contributed by atoms with van der Waals surface area (Å²) in [6.07, 6.45) is 17.8. The van der Waals surface area contributed by atoms with E-state index in [1.807, 2.05) is 0 Å². The Bertz CT molecular complexity index is 2260. The molecule has 6 aromatic carbocycles. The van der Waals surface area contributed by atoms with Gasteiger partial charge in [0.1, 0.15) is 0 Å².